The number of benzene rings is 1. The molecule has 5 heteroatoms. The van der Waals surface area contributed by atoms with Gasteiger partial charge < -0.3 is 15.3 Å². The van der Waals surface area contributed by atoms with Crippen molar-refractivity contribution in [1.82, 2.24) is 9.78 Å². The molecule has 21 heavy (non-hydrogen) atoms. The lowest BCUT2D eigenvalue weighted by Gasteiger charge is -2.22. The van der Waals surface area contributed by atoms with Crippen LogP contribution in [0.15, 0.2) is 36.7 Å². The van der Waals surface area contributed by atoms with E-state index in [1.165, 1.54) is 5.56 Å². The number of rotatable bonds is 8. The van der Waals surface area contributed by atoms with Gasteiger partial charge in [0.15, 0.2) is 0 Å². The van der Waals surface area contributed by atoms with E-state index >= 15 is 0 Å². The van der Waals surface area contributed by atoms with Crippen LogP contribution in [0.1, 0.15) is 19.4 Å². The highest BCUT2D eigenvalue weighted by atomic mass is 16.3. The van der Waals surface area contributed by atoms with Gasteiger partial charge in [-0.25, -0.2) is 0 Å². The van der Waals surface area contributed by atoms with Crippen LogP contribution in [0.25, 0.3) is 0 Å². The number of hydrogen-bond donors (Lipinski definition) is 2. The molecule has 0 bridgehead atoms. The molecule has 0 saturated heterocycles. The van der Waals surface area contributed by atoms with Crippen LogP contribution in [-0.2, 0) is 13.1 Å². The van der Waals surface area contributed by atoms with E-state index in [9.17, 15) is 0 Å². The molecule has 0 fully saturated rings. The van der Waals surface area contributed by atoms with Crippen molar-refractivity contribution in [1.29, 1.82) is 0 Å². The molecular formula is C16H24N4O. The average molecular weight is 288 g/mol. The molecule has 0 saturated carbocycles. The van der Waals surface area contributed by atoms with Crippen molar-refractivity contribution in [3.8, 4) is 0 Å². The number of aliphatic hydroxyl groups excluding tert-OH is 1. The lowest BCUT2D eigenvalue weighted by atomic mass is 10.2. The lowest BCUT2D eigenvalue weighted by Crippen LogP contribution is -2.25. The molecule has 1 aromatic carbocycles. The second-order valence-electron chi connectivity index (χ2n) is 4.91. The molecule has 2 aromatic rings. The fourth-order valence-electron chi connectivity index (χ4n) is 2.26. The molecule has 1 heterocycles. The van der Waals surface area contributed by atoms with E-state index in [1.54, 1.807) is 0 Å². The Hall–Kier alpha value is -2.01. The van der Waals surface area contributed by atoms with Gasteiger partial charge in [-0.3, -0.25) is 4.68 Å². The summed E-state index contributed by atoms with van der Waals surface area (Å²) in [5.41, 5.74) is 3.40. The molecule has 2 N–H and O–H groups in total. The van der Waals surface area contributed by atoms with Crippen molar-refractivity contribution in [3.05, 3.63) is 42.2 Å². The molecule has 0 aliphatic heterocycles. The maximum Gasteiger partial charge on any atom is 0.0606 e. The molecule has 5 nitrogen and oxygen atoms in total. The van der Waals surface area contributed by atoms with Crippen LogP contribution in [-0.4, -0.2) is 34.6 Å². The third-order valence-electron chi connectivity index (χ3n) is 3.49. The average Bonchev–Trinajstić information content (AvgIpc) is 2.99. The Morgan fingerprint density at radius 3 is 2.57 bits per heavy atom. The normalized spacial score (nSPS) is 10.6. The van der Waals surface area contributed by atoms with Gasteiger partial charge in [0.2, 0.25) is 0 Å². The summed E-state index contributed by atoms with van der Waals surface area (Å²) < 4.78 is 1.92. The summed E-state index contributed by atoms with van der Waals surface area (Å²) in [6, 6.07) is 8.30. The van der Waals surface area contributed by atoms with Crippen LogP contribution in [0, 0.1) is 0 Å². The summed E-state index contributed by atoms with van der Waals surface area (Å²) in [6.45, 7) is 7.57. The van der Waals surface area contributed by atoms with Crippen molar-refractivity contribution in [2.75, 3.05) is 29.9 Å². The molecule has 0 atom stereocenters. The van der Waals surface area contributed by atoms with Gasteiger partial charge in [0, 0.05) is 49.3 Å². The Labute approximate surface area is 126 Å². The number of aromatic nitrogens is 2. The number of likely N-dealkylation sites (N-methyl/N-ethyl adjacent to an activating group) is 1. The molecule has 0 spiro atoms. The van der Waals surface area contributed by atoms with Gasteiger partial charge in [-0.05, 0) is 38.1 Å². The highest BCUT2D eigenvalue weighted by molar-refractivity contribution is 5.55. The number of aliphatic hydroxyl groups is 1. The maximum atomic E-state index is 9.05. The van der Waals surface area contributed by atoms with Gasteiger partial charge in [0.1, 0.15) is 0 Å². The lowest BCUT2D eigenvalue weighted by molar-refractivity contribution is 0.302. The molecule has 0 amide bonds. The summed E-state index contributed by atoms with van der Waals surface area (Å²) in [5, 5.41) is 16.7. The monoisotopic (exact) mass is 288 g/mol. The van der Waals surface area contributed by atoms with Gasteiger partial charge in [-0.2, -0.15) is 5.10 Å². The summed E-state index contributed by atoms with van der Waals surface area (Å²) in [6.07, 6.45) is 3.95. The zero-order valence-corrected chi connectivity index (χ0v) is 12.8. The van der Waals surface area contributed by atoms with E-state index in [1.807, 2.05) is 10.9 Å². The summed E-state index contributed by atoms with van der Waals surface area (Å²) in [7, 11) is 0. The number of nitrogens with one attached hydrogen (secondary N) is 1. The summed E-state index contributed by atoms with van der Waals surface area (Å²) in [4.78, 5) is 2.15. The second-order valence-corrected chi connectivity index (χ2v) is 4.91. The first kappa shape index (κ1) is 15.4. The van der Waals surface area contributed by atoms with Crippen LogP contribution in [0.2, 0.25) is 0 Å². The fraction of sp³-hybridized carbons (Fsp3) is 0.438. The van der Waals surface area contributed by atoms with Crippen molar-refractivity contribution in [2.24, 2.45) is 0 Å². The second kappa shape index (κ2) is 7.69. The Bertz CT molecular complexity index is 535. The van der Waals surface area contributed by atoms with Gasteiger partial charge in [0.05, 0.1) is 12.8 Å². The van der Waals surface area contributed by atoms with Gasteiger partial charge >= 0.3 is 0 Å². The van der Waals surface area contributed by atoms with Crippen molar-refractivity contribution in [3.63, 3.8) is 0 Å². The van der Waals surface area contributed by atoms with Crippen molar-refractivity contribution in [2.45, 2.75) is 26.9 Å². The number of nitrogens with zero attached hydrogens (tertiary/aromatic N) is 3. The van der Waals surface area contributed by atoms with E-state index in [0.717, 1.165) is 31.0 Å². The zero-order valence-electron chi connectivity index (χ0n) is 12.8. The van der Waals surface area contributed by atoms with E-state index in [0.29, 0.717) is 6.54 Å². The first-order valence-electron chi connectivity index (χ1n) is 7.47. The van der Waals surface area contributed by atoms with Crippen LogP contribution >= 0.6 is 0 Å². The Balaban J connectivity index is 1.92. The van der Waals surface area contributed by atoms with Gasteiger partial charge in [-0.1, -0.05) is 0 Å². The Kier molecular flexibility index (Phi) is 5.63. The van der Waals surface area contributed by atoms with Crippen LogP contribution < -0.4 is 10.2 Å². The SMILES string of the molecule is CCN(CCO)c1ccc(NCc2cnn(CC)c2)cc1. The molecule has 1 aromatic heterocycles. The topological polar surface area (TPSA) is 53.3 Å². The predicted molar refractivity (Wildman–Crippen MR) is 86.6 cm³/mol. The highest BCUT2D eigenvalue weighted by Gasteiger charge is 2.03. The number of anilines is 2. The molecule has 0 unspecified atom stereocenters. The minimum atomic E-state index is 0.176. The third kappa shape index (κ3) is 4.23. The molecular weight excluding hydrogens is 264 g/mol. The van der Waals surface area contributed by atoms with Crippen LogP contribution in [0.4, 0.5) is 11.4 Å². The quantitative estimate of drug-likeness (QED) is 0.783. The summed E-state index contributed by atoms with van der Waals surface area (Å²) in [5.74, 6) is 0. The Morgan fingerprint density at radius 2 is 2.00 bits per heavy atom. The molecule has 0 aliphatic rings. The highest BCUT2D eigenvalue weighted by Crippen LogP contribution is 2.18. The number of hydrogen-bond acceptors (Lipinski definition) is 4. The first-order valence-corrected chi connectivity index (χ1v) is 7.47. The van der Waals surface area contributed by atoms with Crippen LogP contribution in [0.5, 0.6) is 0 Å². The largest absolute Gasteiger partial charge is 0.395 e. The number of aryl methyl sites for hydroxylation is 1. The fourth-order valence-corrected chi connectivity index (χ4v) is 2.26. The summed E-state index contributed by atoms with van der Waals surface area (Å²) >= 11 is 0. The first-order chi connectivity index (χ1) is 10.3. The standard InChI is InChI=1S/C16H24N4O/c1-3-19(9-10-21)16-7-5-15(6-8-16)17-11-14-12-18-20(4-2)13-14/h5-8,12-13,17,21H,3-4,9-11H2,1-2H3. The van der Waals surface area contributed by atoms with E-state index < -0.39 is 0 Å². The molecule has 114 valence electrons. The molecule has 2 rings (SSSR count). The minimum Gasteiger partial charge on any atom is -0.395 e. The van der Waals surface area contributed by atoms with E-state index in [2.05, 4.69) is 59.6 Å². The van der Waals surface area contributed by atoms with Gasteiger partial charge in [0.25, 0.3) is 0 Å². The Morgan fingerprint density at radius 1 is 1.24 bits per heavy atom. The maximum absolute atomic E-state index is 9.05. The smallest absolute Gasteiger partial charge is 0.0606 e. The van der Waals surface area contributed by atoms with Gasteiger partial charge in [-0.15, -0.1) is 0 Å². The van der Waals surface area contributed by atoms with E-state index in [4.69, 9.17) is 5.11 Å². The molecule has 0 aliphatic carbocycles. The predicted octanol–water partition coefficient (Wildman–Crippen LogP) is 2.33. The van der Waals surface area contributed by atoms with E-state index in [-0.39, 0.29) is 6.61 Å². The minimum absolute atomic E-state index is 0.176. The zero-order chi connectivity index (χ0) is 15.1. The van der Waals surface area contributed by atoms with Crippen molar-refractivity contribution >= 4 is 11.4 Å². The molecule has 0 radical (unpaired) electrons. The third-order valence-corrected chi connectivity index (χ3v) is 3.49. The van der Waals surface area contributed by atoms with Crippen molar-refractivity contribution < 1.29 is 5.11 Å². The van der Waals surface area contributed by atoms with Crippen LogP contribution in [0.3, 0.4) is 0 Å².